The lowest BCUT2D eigenvalue weighted by Gasteiger charge is -2.34. The number of hydrogen-bond acceptors (Lipinski definition) is 4. The number of rotatable bonds is 2. The predicted octanol–water partition coefficient (Wildman–Crippen LogP) is 0.979. The van der Waals surface area contributed by atoms with Gasteiger partial charge >= 0.3 is 0 Å². The summed E-state index contributed by atoms with van der Waals surface area (Å²) < 4.78 is 2.20. The average molecular weight is 365 g/mol. The van der Waals surface area contributed by atoms with Crippen LogP contribution in [0.3, 0.4) is 0 Å². The van der Waals surface area contributed by atoms with Gasteiger partial charge in [-0.05, 0) is 25.1 Å². The molecule has 2 heterocycles. The highest BCUT2D eigenvalue weighted by atomic mass is 79.9. The van der Waals surface area contributed by atoms with Gasteiger partial charge in [-0.1, -0.05) is 15.9 Å². The molecule has 7 heteroatoms. The van der Waals surface area contributed by atoms with E-state index in [1.165, 1.54) is 10.9 Å². The Morgan fingerprint density at radius 1 is 1.50 bits per heavy atom. The summed E-state index contributed by atoms with van der Waals surface area (Å²) in [5.74, 6) is -0.0488. The predicted molar refractivity (Wildman–Crippen MR) is 87.7 cm³/mol. The molecule has 0 unspecified atom stereocenters. The maximum absolute atomic E-state index is 12.5. The molecule has 1 aliphatic heterocycles. The lowest BCUT2D eigenvalue weighted by atomic mass is 10.2. The monoisotopic (exact) mass is 364 g/mol. The molecule has 1 fully saturated rings. The van der Waals surface area contributed by atoms with E-state index in [0.29, 0.717) is 17.4 Å². The number of nitrogens with zero attached hydrogens (tertiary/aromatic N) is 3. The molecule has 1 amide bonds. The Bertz CT molecular complexity index is 774. The molecular weight excluding hydrogens is 348 g/mol. The molecule has 1 aliphatic rings. The fourth-order valence-electron chi connectivity index (χ4n) is 2.69. The third kappa shape index (κ3) is 2.91. The molecule has 1 saturated heterocycles. The van der Waals surface area contributed by atoms with Crippen LogP contribution in [0.1, 0.15) is 6.92 Å². The zero-order valence-corrected chi connectivity index (χ0v) is 13.8. The Hall–Kier alpha value is -1.73. The van der Waals surface area contributed by atoms with Crippen LogP contribution in [0.4, 0.5) is 0 Å². The number of benzene rings is 1. The molecule has 0 radical (unpaired) electrons. The van der Waals surface area contributed by atoms with E-state index in [1.54, 1.807) is 12.1 Å². The van der Waals surface area contributed by atoms with Crippen molar-refractivity contribution in [1.82, 2.24) is 19.8 Å². The van der Waals surface area contributed by atoms with Crippen molar-refractivity contribution >= 4 is 32.7 Å². The van der Waals surface area contributed by atoms with E-state index in [1.807, 2.05) is 17.9 Å². The molecule has 1 aromatic heterocycles. The lowest BCUT2D eigenvalue weighted by Crippen LogP contribution is -2.53. The van der Waals surface area contributed by atoms with Gasteiger partial charge in [-0.3, -0.25) is 14.2 Å². The fraction of sp³-hybridized carbons (Fsp3) is 0.400. The van der Waals surface area contributed by atoms with E-state index in [-0.39, 0.29) is 24.1 Å². The van der Waals surface area contributed by atoms with Gasteiger partial charge in [0.1, 0.15) is 6.54 Å². The Morgan fingerprint density at radius 2 is 2.32 bits per heavy atom. The second-order valence-corrected chi connectivity index (χ2v) is 6.40. The number of nitrogens with one attached hydrogen (secondary N) is 1. The molecule has 0 aliphatic carbocycles. The van der Waals surface area contributed by atoms with E-state index in [4.69, 9.17) is 0 Å². The molecule has 1 N–H and O–H groups in total. The number of halogens is 1. The summed E-state index contributed by atoms with van der Waals surface area (Å²) >= 11 is 3.35. The van der Waals surface area contributed by atoms with Gasteiger partial charge in [0, 0.05) is 30.1 Å². The van der Waals surface area contributed by atoms with Crippen molar-refractivity contribution in [2.45, 2.75) is 19.5 Å². The molecule has 1 aromatic carbocycles. The van der Waals surface area contributed by atoms with Crippen LogP contribution in [-0.4, -0.2) is 46.0 Å². The minimum absolute atomic E-state index is 0.0264. The van der Waals surface area contributed by atoms with Gasteiger partial charge in [0.25, 0.3) is 5.56 Å². The fourth-order valence-corrected chi connectivity index (χ4v) is 3.05. The summed E-state index contributed by atoms with van der Waals surface area (Å²) in [5.41, 5.74) is 0.440. The summed E-state index contributed by atoms with van der Waals surface area (Å²) in [6.07, 6.45) is 1.45. The molecule has 116 valence electrons. The standard InChI is InChI=1S/C15H17BrN4O2/c1-10-7-17-4-5-20(10)14(21)8-19-9-18-13-3-2-11(16)6-12(13)15(19)22/h2-3,6,9-10,17H,4-5,7-8H2,1H3/t10-/m0/s1. The van der Waals surface area contributed by atoms with Crippen LogP contribution in [0, 0.1) is 0 Å². The number of amides is 1. The summed E-state index contributed by atoms with van der Waals surface area (Å²) in [5, 5.41) is 3.76. The first-order chi connectivity index (χ1) is 10.6. The van der Waals surface area contributed by atoms with E-state index < -0.39 is 0 Å². The first kappa shape index (κ1) is 15.2. The Labute approximate surface area is 136 Å². The Morgan fingerprint density at radius 3 is 3.09 bits per heavy atom. The Kier molecular flexibility index (Phi) is 4.26. The van der Waals surface area contributed by atoms with Gasteiger partial charge in [-0.25, -0.2) is 4.98 Å². The maximum Gasteiger partial charge on any atom is 0.261 e. The minimum atomic E-state index is -0.192. The third-order valence-corrected chi connectivity index (χ3v) is 4.41. The first-order valence-electron chi connectivity index (χ1n) is 7.21. The number of piperazine rings is 1. The Balaban J connectivity index is 1.89. The molecule has 1 atom stereocenters. The zero-order chi connectivity index (χ0) is 15.7. The maximum atomic E-state index is 12.5. The highest BCUT2D eigenvalue weighted by molar-refractivity contribution is 9.10. The molecule has 22 heavy (non-hydrogen) atoms. The molecule has 6 nitrogen and oxygen atoms in total. The van der Waals surface area contributed by atoms with Crippen LogP contribution < -0.4 is 10.9 Å². The summed E-state index contributed by atoms with van der Waals surface area (Å²) in [6.45, 7) is 4.26. The highest BCUT2D eigenvalue weighted by Gasteiger charge is 2.23. The molecular formula is C15H17BrN4O2. The van der Waals surface area contributed by atoms with Crippen molar-refractivity contribution in [3.63, 3.8) is 0 Å². The van der Waals surface area contributed by atoms with Crippen LogP contribution in [0.15, 0.2) is 33.8 Å². The van der Waals surface area contributed by atoms with E-state index >= 15 is 0 Å². The SMILES string of the molecule is C[C@H]1CNCCN1C(=O)Cn1cnc2ccc(Br)cc2c1=O. The average Bonchev–Trinajstić information content (AvgIpc) is 2.51. The zero-order valence-electron chi connectivity index (χ0n) is 12.3. The minimum Gasteiger partial charge on any atom is -0.336 e. The van der Waals surface area contributed by atoms with Gasteiger partial charge < -0.3 is 10.2 Å². The van der Waals surface area contributed by atoms with Crippen molar-refractivity contribution in [1.29, 1.82) is 0 Å². The van der Waals surface area contributed by atoms with Crippen LogP contribution in [-0.2, 0) is 11.3 Å². The van der Waals surface area contributed by atoms with Crippen LogP contribution in [0.2, 0.25) is 0 Å². The lowest BCUT2D eigenvalue weighted by molar-refractivity contribution is -0.134. The number of carbonyl (C=O) groups excluding carboxylic acids is 1. The molecule has 0 saturated carbocycles. The number of aromatic nitrogens is 2. The second-order valence-electron chi connectivity index (χ2n) is 5.48. The van der Waals surface area contributed by atoms with Gasteiger partial charge in [-0.15, -0.1) is 0 Å². The summed E-state index contributed by atoms with van der Waals surface area (Å²) in [4.78, 5) is 31.0. The summed E-state index contributed by atoms with van der Waals surface area (Å²) in [6, 6.07) is 5.50. The first-order valence-corrected chi connectivity index (χ1v) is 8.00. The molecule has 0 spiro atoms. The van der Waals surface area contributed by atoms with Crippen molar-refractivity contribution < 1.29 is 4.79 Å². The van der Waals surface area contributed by atoms with Gasteiger partial charge in [-0.2, -0.15) is 0 Å². The van der Waals surface area contributed by atoms with E-state index in [2.05, 4.69) is 26.2 Å². The quantitative estimate of drug-likeness (QED) is 0.862. The van der Waals surface area contributed by atoms with E-state index in [9.17, 15) is 9.59 Å². The molecule has 2 aromatic rings. The topological polar surface area (TPSA) is 67.2 Å². The third-order valence-electron chi connectivity index (χ3n) is 3.91. The van der Waals surface area contributed by atoms with Crippen LogP contribution >= 0.6 is 15.9 Å². The van der Waals surface area contributed by atoms with Crippen LogP contribution in [0.5, 0.6) is 0 Å². The number of hydrogen-bond donors (Lipinski definition) is 1. The summed E-state index contributed by atoms with van der Waals surface area (Å²) in [7, 11) is 0. The molecule has 3 rings (SSSR count). The number of fused-ring (bicyclic) bond motifs is 1. The second kappa shape index (κ2) is 6.18. The van der Waals surface area contributed by atoms with Crippen molar-refractivity contribution in [3.05, 3.63) is 39.4 Å². The normalized spacial score (nSPS) is 18.6. The van der Waals surface area contributed by atoms with Crippen molar-refractivity contribution in [2.75, 3.05) is 19.6 Å². The molecule has 0 bridgehead atoms. The van der Waals surface area contributed by atoms with Gasteiger partial charge in [0.2, 0.25) is 5.91 Å². The van der Waals surface area contributed by atoms with Crippen molar-refractivity contribution in [3.8, 4) is 0 Å². The smallest absolute Gasteiger partial charge is 0.261 e. The van der Waals surface area contributed by atoms with Crippen LogP contribution in [0.25, 0.3) is 10.9 Å². The van der Waals surface area contributed by atoms with Gasteiger partial charge in [0.15, 0.2) is 0 Å². The highest BCUT2D eigenvalue weighted by Crippen LogP contribution is 2.15. The largest absolute Gasteiger partial charge is 0.336 e. The van der Waals surface area contributed by atoms with Crippen molar-refractivity contribution in [2.24, 2.45) is 0 Å². The number of carbonyl (C=O) groups is 1. The van der Waals surface area contributed by atoms with E-state index in [0.717, 1.165) is 17.6 Å². The van der Waals surface area contributed by atoms with Gasteiger partial charge in [0.05, 0.1) is 17.2 Å².